The molecule has 202 valence electrons. The summed E-state index contributed by atoms with van der Waals surface area (Å²) in [6, 6.07) is 6.71. The highest BCUT2D eigenvalue weighted by atomic mass is 19.1. The highest BCUT2D eigenvalue weighted by Gasteiger charge is 2.45. The Bertz CT molecular complexity index is 1670. The predicted octanol–water partition coefficient (Wildman–Crippen LogP) is 2.70. The van der Waals surface area contributed by atoms with Gasteiger partial charge in [-0.05, 0) is 43.2 Å². The van der Waals surface area contributed by atoms with Crippen LogP contribution in [0.15, 0.2) is 42.7 Å². The Morgan fingerprint density at radius 3 is 2.60 bits per heavy atom. The number of aromatic nitrogens is 1. The van der Waals surface area contributed by atoms with Crippen LogP contribution in [-0.2, 0) is 14.4 Å². The molecular formula is C28H22FN5O6. The maximum absolute atomic E-state index is 16.1. The molecule has 3 aliphatic heterocycles. The number of fused-ring (bicyclic) bond motifs is 2. The minimum atomic E-state index is -1.13. The molecule has 3 aromatic rings. The normalized spacial score (nSPS) is 18.4. The zero-order valence-corrected chi connectivity index (χ0v) is 21.4. The molecule has 1 saturated heterocycles. The van der Waals surface area contributed by atoms with E-state index in [2.05, 4.69) is 15.6 Å². The van der Waals surface area contributed by atoms with Crippen LogP contribution in [-0.4, -0.2) is 59.1 Å². The van der Waals surface area contributed by atoms with Crippen LogP contribution in [0.4, 0.5) is 21.5 Å². The second-order valence-electron chi connectivity index (χ2n) is 9.75. The fourth-order valence-corrected chi connectivity index (χ4v) is 5.21. The molecule has 0 unspecified atom stereocenters. The Morgan fingerprint density at radius 2 is 1.85 bits per heavy atom. The van der Waals surface area contributed by atoms with E-state index >= 15 is 4.39 Å². The van der Waals surface area contributed by atoms with Crippen LogP contribution in [0.2, 0.25) is 0 Å². The number of imide groups is 2. The molecule has 11 nitrogen and oxygen atoms in total. The highest BCUT2D eigenvalue weighted by Crippen LogP contribution is 2.45. The van der Waals surface area contributed by atoms with Gasteiger partial charge in [0.1, 0.15) is 6.04 Å². The van der Waals surface area contributed by atoms with Crippen molar-refractivity contribution in [2.24, 2.45) is 0 Å². The average molecular weight is 544 g/mol. The van der Waals surface area contributed by atoms with Crippen molar-refractivity contribution in [3.8, 4) is 16.9 Å². The zero-order chi connectivity index (χ0) is 28.3. The molecule has 2 aromatic carbocycles. The van der Waals surface area contributed by atoms with E-state index in [9.17, 15) is 24.0 Å². The van der Waals surface area contributed by atoms with E-state index in [0.29, 0.717) is 5.56 Å². The molecule has 1 aromatic heterocycles. The monoisotopic (exact) mass is 543 g/mol. The fraction of sp³-hybridized carbons (Fsp3) is 0.214. The number of ether oxygens (including phenoxy) is 1. The maximum atomic E-state index is 16.1. The van der Waals surface area contributed by atoms with Gasteiger partial charge >= 0.3 is 0 Å². The van der Waals surface area contributed by atoms with Crippen LogP contribution < -0.4 is 20.3 Å². The Kier molecular flexibility index (Phi) is 5.82. The first kappa shape index (κ1) is 25.2. The van der Waals surface area contributed by atoms with E-state index in [-0.39, 0.29) is 64.9 Å². The number of rotatable bonds is 4. The molecule has 0 radical (unpaired) electrons. The molecule has 3 aliphatic rings. The van der Waals surface area contributed by atoms with Crippen molar-refractivity contribution >= 4 is 46.6 Å². The van der Waals surface area contributed by atoms with Gasteiger partial charge in [-0.1, -0.05) is 6.07 Å². The number of carbonyl (C=O) groups excluding carboxylic acids is 5. The van der Waals surface area contributed by atoms with E-state index in [0.717, 1.165) is 10.5 Å². The summed E-state index contributed by atoms with van der Waals surface area (Å²) in [4.78, 5) is 69.6. The number of benzene rings is 2. The van der Waals surface area contributed by atoms with Crippen LogP contribution in [0.3, 0.4) is 0 Å². The van der Waals surface area contributed by atoms with Gasteiger partial charge in [0.15, 0.2) is 18.2 Å². The minimum Gasteiger partial charge on any atom is -0.478 e. The van der Waals surface area contributed by atoms with Gasteiger partial charge in [-0.2, -0.15) is 0 Å². The van der Waals surface area contributed by atoms with Gasteiger partial charge < -0.3 is 15.0 Å². The van der Waals surface area contributed by atoms with Crippen LogP contribution in [0.1, 0.15) is 39.1 Å². The second-order valence-corrected chi connectivity index (χ2v) is 9.75. The molecule has 0 aliphatic carbocycles. The Labute approximate surface area is 226 Å². The number of carbonyl (C=O) groups is 5. The number of nitrogens with one attached hydrogen (secondary N) is 2. The first-order valence-corrected chi connectivity index (χ1v) is 12.4. The molecule has 0 spiro atoms. The number of piperidine rings is 1. The van der Waals surface area contributed by atoms with Crippen molar-refractivity contribution in [1.82, 2.24) is 15.2 Å². The Hall–Kier alpha value is -5.13. The van der Waals surface area contributed by atoms with E-state index in [1.54, 1.807) is 31.3 Å². The number of pyridine rings is 1. The maximum Gasteiger partial charge on any atom is 0.264 e. The molecule has 1 atom stereocenters. The highest BCUT2D eigenvalue weighted by molar-refractivity contribution is 6.25. The van der Waals surface area contributed by atoms with Crippen molar-refractivity contribution in [2.75, 3.05) is 23.9 Å². The van der Waals surface area contributed by atoms with Crippen LogP contribution in [0.5, 0.6) is 5.75 Å². The SMILES string of the molecule is Cc1cncc(-c2c(Nc3cccc4c3C(=O)N([C@H]3CCC(=O)NC3=O)C4=O)cc3c(c2F)OCC(=O)N3C)c1. The van der Waals surface area contributed by atoms with Gasteiger partial charge in [0.25, 0.3) is 17.7 Å². The van der Waals surface area contributed by atoms with Gasteiger partial charge in [0, 0.05) is 37.0 Å². The molecule has 6 rings (SSSR count). The van der Waals surface area contributed by atoms with Gasteiger partial charge in [-0.15, -0.1) is 0 Å². The summed E-state index contributed by atoms with van der Waals surface area (Å²) in [6.45, 7) is 1.48. The summed E-state index contributed by atoms with van der Waals surface area (Å²) in [5.41, 5.74) is 1.92. The predicted molar refractivity (Wildman–Crippen MR) is 140 cm³/mol. The van der Waals surface area contributed by atoms with Crippen molar-refractivity contribution in [2.45, 2.75) is 25.8 Å². The summed E-state index contributed by atoms with van der Waals surface area (Å²) in [6.07, 6.45) is 3.11. The molecule has 2 N–H and O–H groups in total. The third-order valence-electron chi connectivity index (χ3n) is 7.18. The average Bonchev–Trinajstić information content (AvgIpc) is 3.17. The Balaban J connectivity index is 1.47. The van der Waals surface area contributed by atoms with Gasteiger partial charge in [0.2, 0.25) is 11.8 Å². The van der Waals surface area contributed by atoms with E-state index in [4.69, 9.17) is 4.74 Å². The number of likely N-dealkylation sites (N-methyl/N-ethyl adjacent to an activating group) is 1. The smallest absolute Gasteiger partial charge is 0.264 e. The Morgan fingerprint density at radius 1 is 1.05 bits per heavy atom. The summed E-state index contributed by atoms with van der Waals surface area (Å²) >= 11 is 0. The fourth-order valence-electron chi connectivity index (χ4n) is 5.21. The van der Waals surface area contributed by atoms with E-state index in [1.807, 2.05) is 0 Å². The summed E-state index contributed by atoms with van der Waals surface area (Å²) < 4.78 is 21.6. The molecule has 4 heterocycles. The lowest BCUT2D eigenvalue weighted by atomic mass is 10.00. The van der Waals surface area contributed by atoms with Crippen LogP contribution in [0.25, 0.3) is 11.1 Å². The zero-order valence-electron chi connectivity index (χ0n) is 21.4. The quantitative estimate of drug-likeness (QED) is 0.479. The molecular weight excluding hydrogens is 521 g/mol. The molecule has 12 heteroatoms. The largest absolute Gasteiger partial charge is 0.478 e. The van der Waals surface area contributed by atoms with E-state index in [1.165, 1.54) is 30.3 Å². The number of nitrogens with zero attached hydrogens (tertiary/aromatic N) is 3. The summed E-state index contributed by atoms with van der Waals surface area (Å²) in [5, 5.41) is 5.26. The first-order valence-electron chi connectivity index (χ1n) is 12.4. The third kappa shape index (κ3) is 3.87. The number of halogens is 1. The standard InChI is InChI=1S/C28H22FN5O6/c1-13-8-14(11-30-10-13)22-17(9-19-25(24(22)29)40-12-21(36)33(19)2)31-16-5-3-4-15-23(16)28(39)34(27(15)38)18-6-7-20(35)32-26(18)37/h3-5,8-11,18,31H,6-7,12H2,1-2H3,(H,32,35,37)/t18-/m0/s1. The van der Waals surface area contributed by atoms with Crippen molar-refractivity contribution in [3.63, 3.8) is 0 Å². The number of hydrogen-bond acceptors (Lipinski definition) is 8. The lowest BCUT2D eigenvalue weighted by Gasteiger charge is -2.29. The minimum absolute atomic E-state index is 0.00401. The number of anilines is 3. The van der Waals surface area contributed by atoms with Crippen molar-refractivity contribution in [1.29, 1.82) is 0 Å². The van der Waals surface area contributed by atoms with Crippen molar-refractivity contribution in [3.05, 3.63) is 65.2 Å². The van der Waals surface area contributed by atoms with Crippen LogP contribution in [0, 0.1) is 12.7 Å². The topological polar surface area (TPSA) is 138 Å². The van der Waals surface area contributed by atoms with Crippen molar-refractivity contribution < 1.29 is 33.1 Å². The van der Waals surface area contributed by atoms with Gasteiger partial charge in [-0.25, -0.2) is 4.39 Å². The second kappa shape index (κ2) is 9.26. The first-order chi connectivity index (χ1) is 19.2. The number of amides is 5. The molecule has 40 heavy (non-hydrogen) atoms. The van der Waals surface area contributed by atoms with E-state index < -0.39 is 35.5 Å². The van der Waals surface area contributed by atoms with Crippen LogP contribution >= 0.6 is 0 Å². The third-order valence-corrected chi connectivity index (χ3v) is 7.18. The van der Waals surface area contributed by atoms with Gasteiger partial charge in [0.05, 0.1) is 28.2 Å². The number of aryl methyl sites for hydroxylation is 1. The lowest BCUT2D eigenvalue weighted by Crippen LogP contribution is -2.54. The molecule has 0 bridgehead atoms. The summed E-state index contributed by atoms with van der Waals surface area (Å²) in [7, 11) is 1.50. The van der Waals surface area contributed by atoms with Gasteiger partial charge in [-0.3, -0.25) is 39.2 Å². The molecule has 1 fully saturated rings. The molecule has 0 saturated carbocycles. The number of hydrogen-bond donors (Lipinski definition) is 2. The molecule has 5 amide bonds. The lowest BCUT2D eigenvalue weighted by molar-refractivity contribution is -0.136. The summed E-state index contributed by atoms with van der Waals surface area (Å²) in [5.74, 6) is -3.78.